The number of ether oxygens (including phenoxy) is 3. The average Bonchev–Trinajstić information content (AvgIpc) is 3.17. The van der Waals surface area contributed by atoms with E-state index in [4.69, 9.17) is 14.2 Å². The molecule has 2 heterocycles. The number of allylic oxidation sites excluding steroid dienone is 1. The number of anilines is 1. The zero-order chi connectivity index (χ0) is 26.9. The lowest BCUT2D eigenvalue weighted by Gasteiger charge is -2.25. The molecule has 0 bridgehead atoms. The molecule has 0 saturated heterocycles. The quantitative estimate of drug-likeness (QED) is 0.394. The van der Waals surface area contributed by atoms with Crippen molar-refractivity contribution in [1.29, 1.82) is 0 Å². The van der Waals surface area contributed by atoms with Crippen LogP contribution >= 0.6 is 27.3 Å². The van der Waals surface area contributed by atoms with Crippen LogP contribution in [-0.4, -0.2) is 45.5 Å². The van der Waals surface area contributed by atoms with Gasteiger partial charge in [0.05, 0.1) is 47.1 Å². The predicted octanol–water partition coefficient (Wildman–Crippen LogP) is 3.64. The van der Waals surface area contributed by atoms with E-state index in [1.165, 1.54) is 11.3 Å². The molecule has 1 unspecified atom stereocenters. The Balaban J connectivity index is 1.93. The maximum atomic E-state index is 13.8. The molecule has 1 aromatic heterocycles. The highest BCUT2D eigenvalue weighted by Gasteiger charge is 2.33. The Morgan fingerprint density at radius 3 is 2.49 bits per heavy atom. The Bertz CT molecular complexity index is 1550. The van der Waals surface area contributed by atoms with Gasteiger partial charge in [0.2, 0.25) is 0 Å². The molecular weight excluding hydrogens is 558 g/mol. The van der Waals surface area contributed by atoms with Crippen LogP contribution in [0.1, 0.15) is 31.0 Å². The molecule has 1 aliphatic rings. The van der Waals surface area contributed by atoms with Crippen molar-refractivity contribution in [3.63, 3.8) is 0 Å². The molecule has 0 saturated carbocycles. The smallest absolute Gasteiger partial charge is 0.338 e. The second-order valence-electron chi connectivity index (χ2n) is 8.53. The van der Waals surface area contributed by atoms with E-state index in [9.17, 15) is 9.59 Å². The summed E-state index contributed by atoms with van der Waals surface area (Å²) >= 11 is 4.78. The summed E-state index contributed by atoms with van der Waals surface area (Å²) in [5, 5.41) is 0. The van der Waals surface area contributed by atoms with Gasteiger partial charge in [0.15, 0.2) is 16.3 Å². The Labute approximate surface area is 227 Å². The van der Waals surface area contributed by atoms with Crippen LogP contribution in [0.3, 0.4) is 0 Å². The topological polar surface area (TPSA) is 82.4 Å². The van der Waals surface area contributed by atoms with Crippen LogP contribution in [0.2, 0.25) is 0 Å². The third kappa shape index (κ3) is 5.08. The van der Waals surface area contributed by atoms with Crippen LogP contribution < -0.4 is 29.3 Å². The molecule has 0 spiro atoms. The molecular formula is C27H28BrN3O5S. The van der Waals surface area contributed by atoms with Gasteiger partial charge in [0, 0.05) is 19.8 Å². The average molecular weight is 587 g/mol. The van der Waals surface area contributed by atoms with Gasteiger partial charge < -0.3 is 19.1 Å². The van der Waals surface area contributed by atoms with Crippen molar-refractivity contribution in [2.75, 3.05) is 39.8 Å². The van der Waals surface area contributed by atoms with Crippen LogP contribution in [0.15, 0.2) is 61.9 Å². The maximum absolute atomic E-state index is 13.8. The maximum Gasteiger partial charge on any atom is 0.338 e. The molecule has 1 aliphatic heterocycles. The van der Waals surface area contributed by atoms with Crippen LogP contribution in [0.4, 0.5) is 5.69 Å². The number of nitrogens with zero attached hydrogens (tertiary/aromatic N) is 3. The lowest BCUT2D eigenvalue weighted by Crippen LogP contribution is -2.39. The van der Waals surface area contributed by atoms with E-state index in [1.54, 1.807) is 44.8 Å². The minimum Gasteiger partial charge on any atom is -0.493 e. The van der Waals surface area contributed by atoms with E-state index in [0.717, 1.165) is 16.8 Å². The van der Waals surface area contributed by atoms with E-state index in [-0.39, 0.29) is 12.2 Å². The van der Waals surface area contributed by atoms with Crippen LogP contribution in [-0.2, 0) is 9.53 Å². The molecule has 1 atom stereocenters. The summed E-state index contributed by atoms with van der Waals surface area (Å²) in [6.45, 7) is 3.75. The number of hydrogen-bond acceptors (Lipinski definition) is 8. The van der Waals surface area contributed by atoms with Gasteiger partial charge in [-0.2, -0.15) is 0 Å². The summed E-state index contributed by atoms with van der Waals surface area (Å²) in [4.78, 5) is 34.0. The predicted molar refractivity (Wildman–Crippen MR) is 148 cm³/mol. The minimum absolute atomic E-state index is 0.223. The molecule has 0 N–H and O–H groups in total. The summed E-state index contributed by atoms with van der Waals surface area (Å²) in [6, 6.07) is 10.8. The molecule has 0 radical (unpaired) electrons. The van der Waals surface area contributed by atoms with Crippen molar-refractivity contribution < 1.29 is 19.0 Å². The van der Waals surface area contributed by atoms with Gasteiger partial charge in [-0.3, -0.25) is 9.36 Å². The fraction of sp³-hybridized carbons (Fsp3) is 0.296. The highest BCUT2D eigenvalue weighted by atomic mass is 79.9. The molecule has 2 aromatic carbocycles. The number of aromatic nitrogens is 1. The van der Waals surface area contributed by atoms with E-state index < -0.39 is 12.0 Å². The number of benzene rings is 2. The number of esters is 1. The molecule has 0 aliphatic carbocycles. The molecule has 37 heavy (non-hydrogen) atoms. The van der Waals surface area contributed by atoms with Crippen molar-refractivity contribution in [3.8, 4) is 11.5 Å². The van der Waals surface area contributed by atoms with Gasteiger partial charge in [-0.15, -0.1) is 0 Å². The molecule has 8 nitrogen and oxygen atoms in total. The second kappa shape index (κ2) is 10.9. The number of carbonyl (C=O) groups is 1. The number of halogens is 1. The first-order chi connectivity index (χ1) is 17.7. The fourth-order valence-electron chi connectivity index (χ4n) is 4.23. The Hall–Kier alpha value is -3.37. The summed E-state index contributed by atoms with van der Waals surface area (Å²) in [5.41, 5.74) is 3.20. The fourth-order valence-corrected chi connectivity index (χ4v) is 5.90. The Kier molecular flexibility index (Phi) is 7.89. The number of thiazole rings is 1. The van der Waals surface area contributed by atoms with Crippen molar-refractivity contribution in [2.45, 2.75) is 19.9 Å². The van der Waals surface area contributed by atoms with Crippen LogP contribution in [0, 0.1) is 0 Å². The monoisotopic (exact) mass is 585 g/mol. The summed E-state index contributed by atoms with van der Waals surface area (Å²) in [5.74, 6) is 0.621. The number of hydrogen-bond donors (Lipinski definition) is 0. The second-order valence-corrected chi connectivity index (χ2v) is 10.4. The van der Waals surface area contributed by atoms with Crippen molar-refractivity contribution >= 4 is 45.0 Å². The van der Waals surface area contributed by atoms with Crippen molar-refractivity contribution in [3.05, 3.63) is 83.0 Å². The van der Waals surface area contributed by atoms with Gasteiger partial charge in [0.1, 0.15) is 0 Å². The molecule has 3 aromatic rings. The number of fused-ring (bicyclic) bond motifs is 1. The van der Waals surface area contributed by atoms with Gasteiger partial charge in [0.25, 0.3) is 5.56 Å². The summed E-state index contributed by atoms with van der Waals surface area (Å²) in [7, 11) is 7.04. The number of carbonyl (C=O) groups excluding carboxylic acids is 1. The third-order valence-electron chi connectivity index (χ3n) is 6.00. The minimum atomic E-state index is -0.661. The van der Waals surface area contributed by atoms with Crippen molar-refractivity contribution in [1.82, 2.24) is 4.57 Å². The third-order valence-corrected chi connectivity index (χ3v) is 7.57. The van der Waals surface area contributed by atoms with E-state index in [2.05, 4.69) is 20.9 Å². The highest BCUT2D eigenvalue weighted by Crippen LogP contribution is 2.36. The summed E-state index contributed by atoms with van der Waals surface area (Å²) < 4.78 is 19.0. The standard InChI is InChI=1S/C27H28BrN3O5S/c1-7-36-26(33)22-15(2)29-27-31(23(22)17-8-10-18(11-9-17)30(3)4)25(32)21(37-27)14-16-12-19(28)24(35-6)20(13-16)34-5/h8-14,23H,7H2,1-6H3/b21-14+. The highest BCUT2D eigenvalue weighted by molar-refractivity contribution is 9.10. The number of methoxy groups -OCH3 is 2. The number of rotatable bonds is 7. The lowest BCUT2D eigenvalue weighted by atomic mass is 9.95. The van der Waals surface area contributed by atoms with E-state index in [0.29, 0.717) is 36.6 Å². The molecule has 4 rings (SSSR count). The van der Waals surface area contributed by atoms with Gasteiger partial charge in [-0.25, -0.2) is 9.79 Å². The summed E-state index contributed by atoms with van der Waals surface area (Å²) in [6.07, 6.45) is 1.78. The van der Waals surface area contributed by atoms with Gasteiger partial charge in [-0.1, -0.05) is 23.5 Å². The van der Waals surface area contributed by atoms with Crippen LogP contribution in [0.25, 0.3) is 6.08 Å². The molecule has 0 fully saturated rings. The van der Waals surface area contributed by atoms with E-state index in [1.807, 2.05) is 49.3 Å². The largest absolute Gasteiger partial charge is 0.493 e. The first kappa shape index (κ1) is 26.7. The Morgan fingerprint density at radius 1 is 1.19 bits per heavy atom. The normalized spacial score (nSPS) is 15.2. The molecule has 194 valence electrons. The zero-order valence-corrected chi connectivity index (χ0v) is 23.9. The van der Waals surface area contributed by atoms with Crippen molar-refractivity contribution in [2.24, 2.45) is 4.99 Å². The van der Waals surface area contributed by atoms with Gasteiger partial charge in [-0.05, 0) is 71.2 Å². The Morgan fingerprint density at radius 2 is 1.89 bits per heavy atom. The first-order valence-electron chi connectivity index (χ1n) is 11.6. The van der Waals surface area contributed by atoms with Crippen LogP contribution in [0.5, 0.6) is 11.5 Å². The first-order valence-corrected chi connectivity index (χ1v) is 13.2. The molecule has 0 amide bonds. The zero-order valence-electron chi connectivity index (χ0n) is 21.5. The molecule has 10 heteroatoms. The van der Waals surface area contributed by atoms with E-state index >= 15 is 0 Å². The lowest BCUT2D eigenvalue weighted by molar-refractivity contribution is -0.139. The van der Waals surface area contributed by atoms with Gasteiger partial charge >= 0.3 is 5.97 Å². The SMILES string of the molecule is CCOC(=O)C1=C(C)N=c2s/c(=C/c3cc(Br)c(OC)c(OC)c3)c(=O)n2C1c1ccc(N(C)C)cc1.